The van der Waals surface area contributed by atoms with E-state index in [2.05, 4.69) is 11.6 Å². The van der Waals surface area contributed by atoms with Crippen LogP contribution in [0.4, 0.5) is 0 Å². The Hall–Kier alpha value is -0.280. The molecule has 0 bridgehead atoms. The fraction of sp³-hybridized carbons (Fsp3) is 0.700. The monoisotopic (exact) mass is 199 g/mol. The van der Waals surface area contributed by atoms with Gasteiger partial charge in [0.25, 0.3) is 0 Å². The van der Waals surface area contributed by atoms with Crippen LogP contribution < -0.4 is 0 Å². The Morgan fingerprint density at radius 3 is 2.85 bits per heavy atom. The van der Waals surface area contributed by atoms with Gasteiger partial charge in [0.05, 0.1) is 11.7 Å². The molecule has 1 rings (SSSR count). The topological polar surface area (TPSA) is 21.6 Å². The fourth-order valence-corrected chi connectivity index (χ4v) is 2.23. The van der Waals surface area contributed by atoms with Crippen LogP contribution in [0.25, 0.3) is 0 Å². The summed E-state index contributed by atoms with van der Waals surface area (Å²) in [5.74, 6) is 0.500. The third-order valence-electron chi connectivity index (χ3n) is 2.01. The van der Waals surface area contributed by atoms with Gasteiger partial charge in [0, 0.05) is 19.6 Å². The largest absolute Gasteiger partial charge is 0.381 e. The van der Waals surface area contributed by atoms with Gasteiger partial charge in [-0.3, -0.25) is 4.99 Å². The van der Waals surface area contributed by atoms with Gasteiger partial charge in [-0.05, 0) is 24.7 Å². The van der Waals surface area contributed by atoms with Crippen LogP contribution in [0.1, 0.15) is 19.8 Å². The van der Waals surface area contributed by atoms with Crippen LogP contribution in [0, 0.1) is 5.92 Å². The lowest BCUT2D eigenvalue weighted by Crippen LogP contribution is -2.23. The van der Waals surface area contributed by atoms with Crippen molar-refractivity contribution in [3.63, 3.8) is 0 Å². The first-order valence-electron chi connectivity index (χ1n) is 4.62. The first-order chi connectivity index (χ1) is 6.24. The Balaban J connectivity index is 2.50. The molecule has 74 valence electrons. The van der Waals surface area contributed by atoms with Crippen LogP contribution in [0.3, 0.4) is 0 Å². The van der Waals surface area contributed by atoms with E-state index >= 15 is 0 Å². The SMILES string of the molecule is C=C(C)S/C(=N\C)C1CCCOC1. The Bertz CT molecular complexity index is 207. The number of allylic oxidation sites excluding steroid dienone is 1. The Labute approximate surface area is 84.5 Å². The zero-order valence-corrected chi connectivity index (χ0v) is 9.19. The second-order valence-corrected chi connectivity index (χ2v) is 4.60. The van der Waals surface area contributed by atoms with Crippen LogP contribution >= 0.6 is 11.8 Å². The number of nitrogens with zero attached hydrogens (tertiary/aromatic N) is 1. The summed E-state index contributed by atoms with van der Waals surface area (Å²) in [5.41, 5.74) is 0. The minimum absolute atomic E-state index is 0.500. The van der Waals surface area contributed by atoms with Crippen molar-refractivity contribution in [3.8, 4) is 0 Å². The highest BCUT2D eigenvalue weighted by molar-refractivity contribution is 8.17. The van der Waals surface area contributed by atoms with Crippen molar-refractivity contribution < 1.29 is 4.74 Å². The lowest BCUT2D eigenvalue weighted by Gasteiger charge is -2.23. The molecule has 0 amide bonds. The summed E-state index contributed by atoms with van der Waals surface area (Å²) in [6, 6.07) is 0. The second kappa shape index (κ2) is 5.45. The maximum absolute atomic E-state index is 5.42. The van der Waals surface area contributed by atoms with Crippen molar-refractivity contribution in [1.29, 1.82) is 0 Å². The summed E-state index contributed by atoms with van der Waals surface area (Å²) < 4.78 is 5.42. The highest BCUT2D eigenvalue weighted by Crippen LogP contribution is 2.25. The molecule has 13 heavy (non-hydrogen) atoms. The summed E-state index contributed by atoms with van der Waals surface area (Å²) in [5, 5.41) is 1.17. The number of aliphatic imine (C=N–C) groups is 1. The highest BCUT2D eigenvalue weighted by atomic mass is 32.2. The van der Waals surface area contributed by atoms with Crippen LogP contribution in [-0.2, 0) is 4.74 Å². The molecule has 0 N–H and O–H groups in total. The minimum atomic E-state index is 0.500. The molecule has 0 aromatic carbocycles. The molecule has 0 aromatic rings. The van der Waals surface area contributed by atoms with Gasteiger partial charge in [0.15, 0.2) is 0 Å². The van der Waals surface area contributed by atoms with Gasteiger partial charge in [0.2, 0.25) is 0 Å². The third kappa shape index (κ3) is 3.53. The molecular weight excluding hydrogens is 182 g/mol. The summed E-state index contributed by atoms with van der Waals surface area (Å²) >= 11 is 1.68. The number of rotatable bonds is 2. The number of thioether (sulfide) groups is 1. The van der Waals surface area contributed by atoms with Gasteiger partial charge in [-0.1, -0.05) is 18.3 Å². The quantitative estimate of drug-likeness (QED) is 0.504. The summed E-state index contributed by atoms with van der Waals surface area (Å²) in [7, 11) is 1.85. The average Bonchev–Trinajstić information content (AvgIpc) is 2.15. The molecule has 0 spiro atoms. The van der Waals surface area contributed by atoms with Gasteiger partial charge in [-0.15, -0.1) is 0 Å². The third-order valence-corrected chi connectivity index (χ3v) is 3.08. The molecule has 1 unspecified atom stereocenters. The van der Waals surface area contributed by atoms with Gasteiger partial charge in [0.1, 0.15) is 0 Å². The van der Waals surface area contributed by atoms with Crippen LogP contribution in [0.5, 0.6) is 0 Å². The average molecular weight is 199 g/mol. The predicted molar refractivity (Wildman–Crippen MR) is 59.3 cm³/mol. The van der Waals surface area contributed by atoms with Crippen molar-refractivity contribution >= 4 is 16.8 Å². The van der Waals surface area contributed by atoms with E-state index in [0.717, 1.165) is 24.5 Å². The fourth-order valence-electron chi connectivity index (χ4n) is 1.43. The van der Waals surface area contributed by atoms with E-state index in [9.17, 15) is 0 Å². The zero-order valence-electron chi connectivity index (χ0n) is 8.38. The number of hydrogen-bond acceptors (Lipinski definition) is 3. The van der Waals surface area contributed by atoms with E-state index in [4.69, 9.17) is 4.74 Å². The number of ether oxygens (including phenoxy) is 1. The van der Waals surface area contributed by atoms with Crippen molar-refractivity contribution in [1.82, 2.24) is 0 Å². The molecule has 2 nitrogen and oxygen atoms in total. The van der Waals surface area contributed by atoms with Crippen molar-refractivity contribution in [2.75, 3.05) is 20.3 Å². The molecular formula is C10H17NOS. The maximum Gasteiger partial charge on any atom is 0.0770 e. The molecule has 0 radical (unpaired) electrons. The van der Waals surface area contributed by atoms with E-state index < -0.39 is 0 Å². The predicted octanol–water partition coefficient (Wildman–Crippen LogP) is 2.71. The molecule has 1 aliphatic heterocycles. The second-order valence-electron chi connectivity index (χ2n) is 3.28. The summed E-state index contributed by atoms with van der Waals surface area (Å²) in [6.45, 7) is 7.63. The summed E-state index contributed by atoms with van der Waals surface area (Å²) in [6.07, 6.45) is 2.35. The van der Waals surface area contributed by atoms with Crippen molar-refractivity contribution in [2.45, 2.75) is 19.8 Å². The number of hydrogen-bond donors (Lipinski definition) is 0. The van der Waals surface area contributed by atoms with Gasteiger partial charge >= 0.3 is 0 Å². The Morgan fingerprint density at radius 1 is 1.62 bits per heavy atom. The standard InChI is InChI=1S/C10H17NOS/c1-8(2)13-10(11-3)9-5-4-6-12-7-9/h9H,1,4-7H2,2-3H3/b11-10-. The van der Waals surface area contributed by atoms with Crippen molar-refractivity contribution in [2.24, 2.45) is 10.9 Å². The molecule has 1 saturated heterocycles. The molecule has 1 fully saturated rings. The van der Waals surface area contributed by atoms with E-state index in [-0.39, 0.29) is 0 Å². The maximum atomic E-state index is 5.42. The van der Waals surface area contributed by atoms with Gasteiger partial charge in [-0.25, -0.2) is 0 Å². The minimum Gasteiger partial charge on any atom is -0.381 e. The molecule has 0 saturated carbocycles. The van der Waals surface area contributed by atoms with Crippen LogP contribution in [0.2, 0.25) is 0 Å². The van der Waals surface area contributed by atoms with E-state index in [1.807, 2.05) is 14.0 Å². The van der Waals surface area contributed by atoms with Gasteiger partial charge in [-0.2, -0.15) is 0 Å². The first-order valence-corrected chi connectivity index (χ1v) is 5.43. The molecule has 0 aliphatic carbocycles. The highest BCUT2D eigenvalue weighted by Gasteiger charge is 2.19. The molecule has 0 aromatic heterocycles. The molecule has 1 atom stereocenters. The Kier molecular flexibility index (Phi) is 4.53. The van der Waals surface area contributed by atoms with E-state index in [0.29, 0.717) is 5.92 Å². The summed E-state index contributed by atoms with van der Waals surface area (Å²) in [4.78, 5) is 5.39. The normalized spacial score (nSPS) is 24.5. The van der Waals surface area contributed by atoms with Crippen LogP contribution in [0.15, 0.2) is 16.5 Å². The lowest BCUT2D eigenvalue weighted by atomic mass is 10.0. The molecule has 3 heteroatoms. The Morgan fingerprint density at radius 2 is 2.38 bits per heavy atom. The van der Waals surface area contributed by atoms with Gasteiger partial charge < -0.3 is 4.74 Å². The molecule has 1 aliphatic rings. The molecule has 1 heterocycles. The van der Waals surface area contributed by atoms with Crippen LogP contribution in [-0.4, -0.2) is 25.3 Å². The smallest absolute Gasteiger partial charge is 0.0770 e. The van der Waals surface area contributed by atoms with Crippen molar-refractivity contribution in [3.05, 3.63) is 11.5 Å². The lowest BCUT2D eigenvalue weighted by molar-refractivity contribution is 0.0778. The first kappa shape index (κ1) is 10.8. The zero-order chi connectivity index (χ0) is 9.68. The van der Waals surface area contributed by atoms with E-state index in [1.165, 1.54) is 11.5 Å². The van der Waals surface area contributed by atoms with E-state index in [1.54, 1.807) is 11.8 Å².